The maximum Gasteiger partial charge on any atom is 0.126 e. The highest BCUT2D eigenvalue weighted by atomic mass is 16.5. The molecule has 138 valence electrons. The summed E-state index contributed by atoms with van der Waals surface area (Å²) in [5.41, 5.74) is 5.61. The Bertz CT molecular complexity index is 656. The monoisotopic (exact) mass is 341 g/mol. The number of aryl methyl sites for hydroxylation is 1. The maximum atomic E-state index is 6.61. The van der Waals surface area contributed by atoms with E-state index in [1.54, 1.807) is 0 Å². The van der Waals surface area contributed by atoms with E-state index < -0.39 is 0 Å². The molecule has 2 atom stereocenters. The van der Waals surface area contributed by atoms with Crippen LogP contribution in [0.15, 0.2) is 23.8 Å². The number of fused-ring (bicyclic) bond motifs is 3. The molecular formula is C23H35NO. The summed E-state index contributed by atoms with van der Waals surface area (Å²) in [5, 5.41) is 0. The van der Waals surface area contributed by atoms with Crippen LogP contribution in [0.1, 0.15) is 76.8 Å². The van der Waals surface area contributed by atoms with Gasteiger partial charge in [-0.2, -0.15) is 0 Å². The van der Waals surface area contributed by atoms with E-state index in [4.69, 9.17) is 4.74 Å². The summed E-state index contributed by atoms with van der Waals surface area (Å²) < 4.78 is 6.61. The van der Waals surface area contributed by atoms with E-state index in [-0.39, 0.29) is 5.60 Å². The van der Waals surface area contributed by atoms with Crippen LogP contribution >= 0.6 is 0 Å². The number of hydrogen-bond acceptors (Lipinski definition) is 2. The molecule has 1 aliphatic heterocycles. The molecule has 3 rings (SSSR count). The Hall–Kier alpha value is -1.44. The van der Waals surface area contributed by atoms with Crippen LogP contribution in [0, 0.1) is 5.92 Å². The van der Waals surface area contributed by atoms with Crippen LogP contribution in [0.3, 0.4) is 0 Å². The fourth-order valence-corrected chi connectivity index (χ4v) is 4.67. The second kappa shape index (κ2) is 7.05. The molecule has 2 aliphatic rings. The molecule has 0 spiro atoms. The number of ether oxygens (including phenoxy) is 1. The minimum atomic E-state index is -0.0967. The van der Waals surface area contributed by atoms with Crippen molar-refractivity contribution < 1.29 is 4.74 Å². The minimum Gasteiger partial charge on any atom is -0.487 e. The number of benzene rings is 1. The Balaban J connectivity index is 2.08. The van der Waals surface area contributed by atoms with Gasteiger partial charge in [-0.1, -0.05) is 31.4 Å². The number of anilines is 1. The van der Waals surface area contributed by atoms with Gasteiger partial charge in [0.25, 0.3) is 0 Å². The van der Waals surface area contributed by atoms with E-state index >= 15 is 0 Å². The molecule has 1 aromatic rings. The average Bonchev–Trinajstić information content (AvgIpc) is 2.53. The van der Waals surface area contributed by atoms with Gasteiger partial charge >= 0.3 is 0 Å². The van der Waals surface area contributed by atoms with E-state index in [9.17, 15) is 0 Å². The second-order valence-electron chi connectivity index (χ2n) is 8.77. The van der Waals surface area contributed by atoms with E-state index in [1.807, 2.05) is 0 Å². The number of hydrogen-bond donors (Lipinski definition) is 0. The van der Waals surface area contributed by atoms with Crippen molar-refractivity contribution in [3.63, 3.8) is 0 Å². The number of allylic oxidation sites excluding steroid dienone is 2. The summed E-state index contributed by atoms with van der Waals surface area (Å²) in [6, 6.07) is 4.73. The lowest BCUT2D eigenvalue weighted by Crippen LogP contribution is -2.45. The van der Waals surface area contributed by atoms with Gasteiger partial charge in [-0.3, -0.25) is 0 Å². The zero-order valence-electron chi connectivity index (χ0n) is 17.0. The summed E-state index contributed by atoms with van der Waals surface area (Å²) in [5.74, 6) is 2.16. The van der Waals surface area contributed by atoms with Crippen LogP contribution in [-0.4, -0.2) is 19.7 Å². The summed E-state index contributed by atoms with van der Waals surface area (Å²) in [7, 11) is 4.33. The molecule has 0 saturated heterocycles. The lowest BCUT2D eigenvalue weighted by molar-refractivity contribution is 0.0118. The Labute approximate surface area is 154 Å². The third-order valence-electron chi connectivity index (χ3n) is 6.08. The smallest absolute Gasteiger partial charge is 0.126 e. The molecule has 0 unspecified atom stereocenters. The molecule has 0 N–H and O–H groups in total. The molecule has 25 heavy (non-hydrogen) atoms. The topological polar surface area (TPSA) is 12.5 Å². The summed E-state index contributed by atoms with van der Waals surface area (Å²) in [4.78, 5) is 2.28. The molecule has 0 amide bonds. The standard InChI is InChI=1S/C23H35NO/c1-7-8-9-10-17-14-20(24(5)6)22-18-13-16(2)11-12-19(18)23(3,4)25-21(22)15-17/h13-15,18-19H,7-12H2,1-6H3/t18-,19-/m1/s1. The van der Waals surface area contributed by atoms with Crippen LogP contribution in [0.5, 0.6) is 5.75 Å². The van der Waals surface area contributed by atoms with Gasteiger partial charge in [0.15, 0.2) is 0 Å². The molecule has 0 saturated carbocycles. The van der Waals surface area contributed by atoms with Crippen molar-refractivity contribution in [3.8, 4) is 5.75 Å². The van der Waals surface area contributed by atoms with Crippen molar-refractivity contribution >= 4 is 5.69 Å². The summed E-state index contributed by atoms with van der Waals surface area (Å²) >= 11 is 0. The second-order valence-corrected chi connectivity index (χ2v) is 8.77. The van der Waals surface area contributed by atoms with Crippen molar-refractivity contribution in [1.82, 2.24) is 0 Å². The van der Waals surface area contributed by atoms with Gasteiger partial charge in [-0.05, 0) is 64.2 Å². The first-order valence-electron chi connectivity index (χ1n) is 10.0. The molecule has 0 bridgehead atoms. The van der Waals surface area contributed by atoms with Crippen molar-refractivity contribution in [1.29, 1.82) is 0 Å². The SMILES string of the molecule is CCCCCc1cc2c(c(N(C)C)c1)[C@@H]1C=C(C)CC[C@H]1C(C)(C)O2. The van der Waals surface area contributed by atoms with Crippen molar-refractivity contribution in [3.05, 3.63) is 34.9 Å². The van der Waals surface area contributed by atoms with Crippen molar-refractivity contribution in [2.75, 3.05) is 19.0 Å². The van der Waals surface area contributed by atoms with Gasteiger partial charge in [0.2, 0.25) is 0 Å². The number of unbranched alkanes of at least 4 members (excludes halogenated alkanes) is 2. The lowest BCUT2D eigenvalue weighted by Gasteiger charge is -2.47. The Morgan fingerprint density at radius 3 is 2.64 bits per heavy atom. The zero-order chi connectivity index (χ0) is 18.2. The Morgan fingerprint density at radius 2 is 1.96 bits per heavy atom. The molecule has 1 aliphatic carbocycles. The predicted octanol–water partition coefficient (Wildman–Crippen LogP) is 6.10. The highest BCUT2D eigenvalue weighted by molar-refractivity contribution is 5.65. The maximum absolute atomic E-state index is 6.61. The largest absolute Gasteiger partial charge is 0.487 e. The molecule has 0 fully saturated rings. The van der Waals surface area contributed by atoms with Crippen LogP contribution in [0.2, 0.25) is 0 Å². The Kier molecular flexibility index (Phi) is 5.18. The number of nitrogens with zero attached hydrogens (tertiary/aromatic N) is 1. The molecule has 2 nitrogen and oxygen atoms in total. The fourth-order valence-electron chi connectivity index (χ4n) is 4.67. The lowest BCUT2D eigenvalue weighted by atomic mass is 9.67. The molecule has 2 heteroatoms. The van der Waals surface area contributed by atoms with Gasteiger partial charge in [0.05, 0.1) is 0 Å². The van der Waals surface area contributed by atoms with Gasteiger partial charge in [-0.15, -0.1) is 0 Å². The molecule has 1 heterocycles. The molecular weight excluding hydrogens is 306 g/mol. The first kappa shape index (κ1) is 18.4. The number of rotatable bonds is 5. The normalized spacial score (nSPS) is 24.0. The van der Waals surface area contributed by atoms with Gasteiger partial charge in [0, 0.05) is 37.2 Å². The first-order chi connectivity index (χ1) is 11.8. The first-order valence-corrected chi connectivity index (χ1v) is 10.0. The zero-order valence-corrected chi connectivity index (χ0v) is 17.0. The van der Waals surface area contributed by atoms with Crippen LogP contribution < -0.4 is 9.64 Å². The van der Waals surface area contributed by atoms with Crippen LogP contribution in [-0.2, 0) is 6.42 Å². The minimum absolute atomic E-state index is 0.0967. The highest BCUT2D eigenvalue weighted by Crippen LogP contribution is 2.53. The van der Waals surface area contributed by atoms with Gasteiger partial charge < -0.3 is 9.64 Å². The van der Waals surface area contributed by atoms with E-state index in [0.717, 1.165) is 12.2 Å². The molecule has 1 aromatic carbocycles. The van der Waals surface area contributed by atoms with Crippen molar-refractivity contribution in [2.24, 2.45) is 5.92 Å². The predicted molar refractivity (Wildman–Crippen MR) is 108 cm³/mol. The highest BCUT2D eigenvalue weighted by Gasteiger charge is 2.45. The third kappa shape index (κ3) is 3.59. The van der Waals surface area contributed by atoms with Gasteiger partial charge in [-0.25, -0.2) is 0 Å². The van der Waals surface area contributed by atoms with E-state index in [1.165, 1.54) is 54.5 Å². The van der Waals surface area contributed by atoms with E-state index in [2.05, 4.69) is 64.9 Å². The molecule has 0 aromatic heterocycles. The average molecular weight is 342 g/mol. The van der Waals surface area contributed by atoms with E-state index in [0.29, 0.717) is 11.8 Å². The fraction of sp³-hybridized carbons (Fsp3) is 0.652. The quantitative estimate of drug-likeness (QED) is 0.474. The van der Waals surface area contributed by atoms with Crippen molar-refractivity contribution in [2.45, 2.75) is 77.7 Å². The molecule has 0 radical (unpaired) electrons. The summed E-state index contributed by atoms with van der Waals surface area (Å²) in [6.45, 7) is 9.11. The van der Waals surface area contributed by atoms with Crippen LogP contribution in [0.25, 0.3) is 0 Å². The van der Waals surface area contributed by atoms with Gasteiger partial charge in [0.1, 0.15) is 11.4 Å². The third-order valence-corrected chi connectivity index (χ3v) is 6.08. The van der Waals surface area contributed by atoms with Crippen LogP contribution in [0.4, 0.5) is 5.69 Å². The summed E-state index contributed by atoms with van der Waals surface area (Å²) in [6.07, 6.45) is 9.92. The Morgan fingerprint density at radius 1 is 1.20 bits per heavy atom.